The van der Waals surface area contributed by atoms with Crippen molar-refractivity contribution < 1.29 is 14.3 Å². The molecule has 4 nitrogen and oxygen atoms in total. The molecule has 0 radical (unpaired) electrons. The number of hydrogen-bond acceptors (Lipinski definition) is 4. The third kappa shape index (κ3) is 3.38. The summed E-state index contributed by atoms with van der Waals surface area (Å²) in [4.78, 5) is 14.9. The Hall–Kier alpha value is -1.39. The lowest BCUT2D eigenvalue weighted by Gasteiger charge is -2.32. The number of aryl methyl sites for hydroxylation is 1. The summed E-state index contributed by atoms with van der Waals surface area (Å²) in [6.07, 6.45) is 0.709. The van der Waals surface area contributed by atoms with Gasteiger partial charge in [0, 0.05) is 13.1 Å². The highest BCUT2D eigenvalue weighted by atomic mass is 16.5. The van der Waals surface area contributed by atoms with Gasteiger partial charge in [0.25, 0.3) is 0 Å². The summed E-state index contributed by atoms with van der Waals surface area (Å²) >= 11 is 0. The molecule has 1 saturated heterocycles. The first kappa shape index (κ1) is 15.0. The molecule has 2 rings (SSSR count). The normalized spacial score (nSPS) is 19.9. The number of ether oxygens (including phenoxy) is 2. The van der Waals surface area contributed by atoms with E-state index in [1.54, 1.807) is 7.11 Å². The van der Waals surface area contributed by atoms with Crippen LogP contribution in [0.3, 0.4) is 0 Å². The third-order valence-corrected chi connectivity index (χ3v) is 3.60. The third-order valence-electron chi connectivity index (χ3n) is 3.60. The first-order valence-electron chi connectivity index (χ1n) is 7.18. The van der Waals surface area contributed by atoms with Crippen molar-refractivity contribution in [3.05, 3.63) is 29.3 Å². The van der Waals surface area contributed by atoms with E-state index < -0.39 is 0 Å². The minimum Gasteiger partial charge on any atom is -0.496 e. The largest absolute Gasteiger partial charge is 0.496 e. The summed E-state index contributed by atoms with van der Waals surface area (Å²) in [6, 6.07) is 5.67. The van der Waals surface area contributed by atoms with Crippen LogP contribution in [-0.2, 0) is 4.74 Å². The Morgan fingerprint density at radius 2 is 2.30 bits per heavy atom. The molecule has 1 aliphatic heterocycles. The fourth-order valence-corrected chi connectivity index (χ4v) is 2.57. The second-order valence-electron chi connectivity index (χ2n) is 5.23. The molecule has 1 unspecified atom stereocenters. The van der Waals surface area contributed by atoms with Crippen LogP contribution in [0.1, 0.15) is 29.3 Å². The molecule has 0 aromatic heterocycles. The minimum absolute atomic E-state index is 0.0198. The lowest BCUT2D eigenvalue weighted by atomic mass is 10.0. The summed E-state index contributed by atoms with van der Waals surface area (Å²) in [7, 11) is 1.59. The first-order valence-corrected chi connectivity index (χ1v) is 7.18. The second kappa shape index (κ2) is 6.86. The first-order chi connectivity index (χ1) is 9.65. The van der Waals surface area contributed by atoms with Gasteiger partial charge in [-0.15, -0.1) is 0 Å². The molecule has 1 fully saturated rings. The Kier molecular flexibility index (Phi) is 5.15. The Morgan fingerprint density at radius 1 is 1.50 bits per heavy atom. The molecular formula is C16H23NO3. The quantitative estimate of drug-likeness (QED) is 0.774. The van der Waals surface area contributed by atoms with E-state index in [1.807, 2.05) is 25.1 Å². The molecule has 20 heavy (non-hydrogen) atoms. The molecule has 0 N–H and O–H groups in total. The Morgan fingerprint density at radius 3 is 3.00 bits per heavy atom. The predicted molar refractivity (Wildman–Crippen MR) is 78.5 cm³/mol. The smallest absolute Gasteiger partial charge is 0.196 e. The number of rotatable bonds is 5. The van der Waals surface area contributed by atoms with Gasteiger partial charge < -0.3 is 9.47 Å². The van der Waals surface area contributed by atoms with Crippen molar-refractivity contribution >= 4 is 5.78 Å². The highest BCUT2D eigenvalue weighted by Crippen LogP contribution is 2.23. The van der Waals surface area contributed by atoms with Crippen LogP contribution in [0.15, 0.2) is 18.2 Å². The van der Waals surface area contributed by atoms with Gasteiger partial charge in [0.15, 0.2) is 5.78 Å². The SMILES string of the molecule is CCCN1CCOC(C(=O)c2cc(C)ccc2OC)C1. The Labute approximate surface area is 120 Å². The molecule has 0 aliphatic carbocycles. The van der Waals surface area contributed by atoms with Crippen LogP contribution >= 0.6 is 0 Å². The molecule has 110 valence electrons. The maximum absolute atomic E-state index is 12.6. The summed E-state index contributed by atoms with van der Waals surface area (Å²) in [5, 5.41) is 0. The van der Waals surface area contributed by atoms with Gasteiger partial charge in [0.1, 0.15) is 11.9 Å². The zero-order valence-corrected chi connectivity index (χ0v) is 12.5. The van der Waals surface area contributed by atoms with Crippen molar-refractivity contribution in [3.63, 3.8) is 0 Å². The van der Waals surface area contributed by atoms with Gasteiger partial charge >= 0.3 is 0 Å². The molecule has 0 bridgehead atoms. The van der Waals surface area contributed by atoms with Crippen molar-refractivity contribution in [2.75, 3.05) is 33.4 Å². The van der Waals surface area contributed by atoms with Gasteiger partial charge in [-0.05, 0) is 32.0 Å². The number of methoxy groups -OCH3 is 1. The van der Waals surface area contributed by atoms with E-state index in [0.717, 1.165) is 25.1 Å². The number of nitrogens with zero attached hydrogens (tertiary/aromatic N) is 1. The van der Waals surface area contributed by atoms with Crippen LogP contribution in [0.5, 0.6) is 5.75 Å². The van der Waals surface area contributed by atoms with E-state index in [4.69, 9.17) is 9.47 Å². The Bertz CT molecular complexity index is 471. The van der Waals surface area contributed by atoms with Crippen molar-refractivity contribution in [1.82, 2.24) is 4.90 Å². The number of carbonyl (C=O) groups excluding carboxylic acids is 1. The zero-order valence-electron chi connectivity index (χ0n) is 12.5. The summed E-state index contributed by atoms with van der Waals surface area (Å²) in [5.41, 5.74) is 1.67. The lowest BCUT2D eigenvalue weighted by molar-refractivity contribution is -0.0164. The maximum Gasteiger partial charge on any atom is 0.196 e. The van der Waals surface area contributed by atoms with Crippen LogP contribution in [0.25, 0.3) is 0 Å². The van der Waals surface area contributed by atoms with Crippen molar-refractivity contribution in [3.8, 4) is 5.75 Å². The summed E-state index contributed by atoms with van der Waals surface area (Å²) in [6.45, 7) is 7.33. The van der Waals surface area contributed by atoms with Gasteiger partial charge in [0.2, 0.25) is 0 Å². The molecule has 0 amide bonds. The van der Waals surface area contributed by atoms with Crippen molar-refractivity contribution in [2.45, 2.75) is 26.4 Å². The predicted octanol–water partition coefficient (Wildman–Crippen LogP) is 2.30. The molecule has 1 heterocycles. The Balaban J connectivity index is 2.16. The van der Waals surface area contributed by atoms with Gasteiger partial charge in [-0.3, -0.25) is 9.69 Å². The molecule has 1 aromatic carbocycles. The van der Waals surface area contributed by atoms with Crippen LogP contribution in [-0.4, -0.2) is 50.1 Å². The number of ketones is 1. The van der Waals surface area contributed by atoms with Gasteiger partial charge in [0.05, 0.1) is 19.3 Å². The van der Waals surface area contributed by atoms with Crippen molar-refractivity contribution in [2.24, 2.45) is 0 Å². The lowest BCUT2D eigenvalue weighted by Crippen LogP contribution is -2.46. The molecule has 1 aliphatic rings. The summed E-state index contributed by atoms with van der Waals surface area (Å²) in [5.74, 6) is 0.642. The van der Waals surface area contributed by atoms with E-state index in [9.17, 15) is 4.79 Å². The van der Waals surface area contributed by atoms with Gasteiger partial charge in [-0.2, -0.15) is 0 Å². The second-order valence-corrected chi connectivity index (χ2v) is 5.23. The van der Waals surface area contributed by atoms with Gasteiger partial charge in [-0.1, -0.05) is 18.6 Å². The molecule has 4 heteroatoms. The topological polar surface area (TPSA) is 38.8 Å². The molecular weight excluding hydrogens is 254 g/mol. The van der Waals surface area contributed by atoms with E-state index in [-0.39, 0.29) is 11.9 Å². The average Bonchev–Trinajstić information content (AvgIpc) is 2.47. The fraction of sp³-hybridized carbons (Fsp3) is 0.562. The van der Waals surface area contributed by atoms with Gasteiger partial charge in [-0.25, -0.2) is 0 Å². The fourth-order valence-electron chi connectivity index (χ4n) is 2.57. The molecule has 0 saturated carbocycles. The number of morpholine rings is 1. The van der Waals surface area contributed by atoms with Crippen LogP contribution < -0.4 is 4.74 Å². The highest BCUT2D eigenvalue weighted by Gasteiger charge is 2.28. The number of hydrogen-bond donors (Lipinski definition) is 0. The monoisotopic (exact) mass is 277 g/mol. The van der Waals surface area contributed by atoms with Crippen molar-refractivity contribution in [1.29, 1.82) is 0 Å². The van der Waals surface area contributed by atoms with Crippen LogP contribution in [0.4, 0.5) is 0 Å². The molecule has 1 aromatic rings. The summed E-state index contributed by atoms with van der Waals surface area (Å²) < 4.78 is 11.0. The minimum atomic E-state index is -0.383. The highest BCUT2D eigenvalue weighted by molar-refractivity contribution is 6.02. The number of benzene rings is 1. The van der Waals surface area contributed by atoms with Crippen LogP contribution in [0.2, 0.25) is 0 Å². The molecule has 1 atom stereocenters. The van der Waals surface area contributed by atoms with E-state index in [0.29, 0.717) is 24.5 Å². The zero-order chi connectivity index (χ0) is 14.5. The standard InChI is InChI=1S/C16H23NO3/c1-4-7-17-8-9-20-15(11-17)16(18)13-10-12(2)5-6-14(13)19-3/h5-6,10,15H,4,7-9,11H2,1-3H3. The number of Topliss-reactive ketones (excluding diaryl/α,β-unsaturated/α-hetero) is 1. The molecule has 0 spiro atoms. The van der Waals surface area contributed by atoms with E-state index in [2.05, 4.69) is 11.8 Å². The average molecular weight is 277 g/mol. The van der Waals surface area contributed by atoms with E-state index >= 15 is 0 Å². The van der Waals surface area contributed by atoms with Crippen LogP contribution in [0, 0.1) is 6.92 Å². The van der Waals surface area contributed by atoms with E-state index in [1.165, 1.54) is 0 Å². The number of carbonyl (C=O) groups is 1. The maximum atomic E-state index is 12.6.